The zero-order chi connectivity index (χ0) is 15.0. The van der Waals surface area contributed by atoms with Gasteiger partial charge in [-0.2, -0.15) is 0 Å². The van der Waals surface area contributed by atoms with E-state index in [9.17, 15) is 9.59 Å². The van der Waals surface area contributed by atoms with Crippen LogP contribution in [-0.4, -0.2) is 54.0 Å². The van der Waals surface area contributed by atoms with Crippen LogP contribution in [0.5, 0.6) is 0 Å². The molecule has 1 aromatic rings. The second-order valence-electron chi connectivity index (χ2n) is 5.87. The molecule has 21 heavy (non-hydrogen) atoms. The van der Waals surface area contributed by atoms with Gasteiger partial charge in [-0.05, 0) is 25.8 Å². The third-order valence-corrected chi connectivity index (χ3v) is 4.15. The van der Waals surface area contributed by atoms with Crippen LogP contribution in [0.3, 0.4) is 0 Å². The zero-order valence-corrected chi connectivity index (χ0v) is 12.5. The lowest BCUT2D eigenvalue weighted by atomic mass is 10.1. The Hall–Kier alpha value is -1.89. The summed E-state index contributed by atoms with van der Waals surface area (Å²) in [4.78, 5) is 35.4. The van der Waals surface area contributed by atoms with E-state index in [0.717, 1.165) is 25.1 Å². The first-order chi connectivity index (χ1) is 10.1. The predicted molar refractivity (Wildman–Crippen MR) is 79.3 cm³/mol. The summed E-state index contributed by atoms with van der Waals surface area (Å²) in [6.45, 7) is 1.93. The largest absolute Gasteiger partial charge is 0.348 e. The molecule has 0 saturated carbocycles. The van der Waals surface area contributed by atoms with Crippen LogP contribution in [0.1, 0.15) is 24.1 Å². The fourth-order valence-corrected chi connectivity index (χ4v) is 2.94. The molecule has 0 unspecified atom stereocenters. The Labute approximate surface area is 123 Å². The first-order valence-corrected chi connectivity index (χ1v) is 7.38. The Balaban J connectivity index is 1.84. The highest BCUT2D eigenvalue weighted by Gasteiger charge is 2.30. The van der Waals surface area contributed by atoms with Crippen LogP contribution in [-0.2, 0) is 17.8 Å². The summed E-state index contributed by atoms with van der Waals surface area (Å²) in [5.74, 6) is 0.665. The van der Waals surface area contributed by atoms with Crippen molar-refractivity contribution in [3.05, 3.63) is 21.6 Å². The number of carbonyl (C=O) groups excluding carboxylic acids is 1. The number of carbonyl (C=O) groups is 1. The highest BCUT2D eigenvalue weighted by Crippen LogP contribution is 2.18. The van der Waals surface area contributed by atoms with Gasteiger partial charge in [0.1, 0.15) is 0 Å². The minimum atomic E-state index is -0.0882. The maximum atomic E-state index is 12.5. The molecule has 1 fully saturated rings. The van der Waals surface area contributed by atoms with Gasteiger partial charge in [0.15, 0.2) is 0 Å². The second kappa shape index (κ2) is 5.48. The minimum absolute atomic E-state index is 0.0677. The molecular formula is C14H21N5O2. The van der Waals surface area contributed by atoms with Gasteiger partial charge in [0.25, 0.3) is 5.56 Å². The number of fused-ring (bicyclic) bond motifs is 1. The molecule has 0 radical (unpaired) electrons. The second-order valence-corrected chi connectivity index (χ2v) is 5.87. The van der Waals surface area contributed by atoms with Crippen LogP contribution in [0.2, 0.25) is 0 Å². The molecule has 114 valence electrons. The standard InChI is InChI=1S/C14H21N5O2/c1-18(2)14-16-11-8-19(7-5-9(11)12(20)17-14)13(21)10-4-3-6-15-10/h10,15H,3-8H2,1-2H3,(H,16,17,20)/t10-/m1/s1. The topological polar surface area (TPSA) is 81.3 Å². The molecule has 2 N–H and O–H groups in total. The molecule has 1 aromatic heterocycles. The number of aromatic nitrogens is 2. The third kappa shape index (κ3) is 2.65. The smallest absolute Gasteiger partial charge is 0.255 e. The van der Waals surface area contributed by atoms with Crippen molar-refractivity contribution in [2.75, 3.05) is 32.1 Å². The molecule has 0 aliphatic carbocycles. The molecular weight excluding hydrogens is 270 g/mol. The average molecular weight is 291 g/mol. The van der Waals surface area contributed by atoms with E-state index in [2.05, 4.69) is 15.3 Å². The van der Waals surface area contributed by atoms with Crippen molar-refractivity contribution in [2.45, 2.75) is 31.8 Å². The van der Waals surface area contributed by atoms with Gasteiger partial charge >= 0.3 is 0 Å². The van der Waals surface area contributed by atoms with Crippen molar-refractivity contribution in [1.82, 2.24) is 20.2 Å². The van der Waals surface area contributed by atoms with Crippen molar-refractivity contribution in [1.29, 1.82) is 0 Å². The van der Waals surface area contributed by atoms with Crippen LogP contribution in [0, 0.1) is 0 Å². The Morgan fingerprint density at radius 2 is 2.24 bits per heavy atom. The summed E-state index contributed by atoms with van der Waals surface area (Å²) in [6, 6.07) is -0.0677. The van der Waals surface area contributed by atoms with Crippen molar-refractivity contribution in [2.24, 2.45) is 0 Å². The number of anilines is 1. The number of hydrogen-bond acceptors (Lipinski definition) is 5. The average Bonchev–Trinajstić information content (AvgIpc) is 2.99. The van der Waals surface area contributed by atoms with Gasteiger partial charge in [0, 0.05) is 26.2 Å². The number of rotatable bonds is 2. The van der Waals surface area contributed by atoms with E-state index in [0.29, 0.717) is 31.0 Å². The SMILES string of the molecule is CN(C)c1nc2c(c(=O)[nH]1)CCN(C(=O)[C@H]1CCCN1)C2. The van der Waals surface area contributed by atoms with Crippen LogP contribution in [0.25, 0.3) is 0 Å². The first kappa shape index (κ1) is 14.1. The number of nitrogens with one attached hydrogen (secondary N) is 2. The molecule has 0 aromatic carbocycles. The van der Waals surface area contributed by atoms with E-state index in [1.54, 1.807) is 4.90 Å². The van der Waals surface area contributed by atoms with Gasteiger partial charge in [0.05, 0.1) is 18.3 Å². The fourth-order valence-electron chi connectivity index (χ4n) is 2.94. The number of aromatic amines is 1. The molecule has 7 heteroatoms. The van der Waals surface area contributed by atoms with Crippen molar-refractivity contribution in [3.63, 3.8) is 0 Å². The molecule has 1 saturated heterocycles. The molecule has 1 atom stereocenters. The molecule has 3 heterocycles. The quantitative estimate of drug-likeness (QED) is 0.766. The fraction of sp³-hybridized carbons (Fsp3) is 0.643. The van der Waals surface area contributed by atoms with E-state index in [-0.39, 0.29) is 17.5 Å². The van der Waals surface area contributed by atoms with E-state index in [4.69, 9.17) is 0 Å². The Bertz CT molecular complexity index is 604. The molecule has 2 aliphatic heterocycles. The van der Waals surface area contributed by atoms with E-state index in [1.165, 1.54) is 0 Å². The van der Waals surface area contributed by atoms with Gasteiger partial charge in [-0.15, -0.1) is 0 Å². The summed E-state index contributed by atoms with van der Waals surface area (Å²) < 4.78 is 0. The van der Waals surface area contributed by atoms with Gasteiger partial charge in [-0.1, -0.05) is 0 Å². The van der Waals surface area contributed by atoms with E-state index in [1.807, 2.05) is 19.0 Å². The van der Waals surface area contributed by atoms with Gasteiger partial charge in [-0.3, -0.25) is 14.6 Å². The van der Waals surface area contributed by atoms with Crippen molar-refractivity contribution < 1.29 is 4.79 Å². The Kier molecular flexibility index (Phi) is 3.67. The summed E-state index contributed by atoms with van der Waals surface area (Å²) >= 11 is 0. The molecule has 1 amide bonds. The van der Waals surface area contributed by atoms with Gasteiger partial charge < -0.3 is 15.1 Å². The van der Waals surface area contributed by atoms with Crippen LogP contribution >= 0.6 is 0 Å². The molecule has 0 bridgehead atoms. The summed E-state index contributed by atoms with van der Waals surface area (Å²) in [5.41, 5.74) is 1.35. The summed E-state index contributed by atoms with van der Waals surface area (Å²) in [6.07, 6.45) is 2.52. The Morgan fingerprint density at radius 3 is 2.90 bits per heavy atom. The lowest BCUT2D eigenvalue weighted by Crippen LogP contribution is -2.47. The zero-order valence-electron chi connectivity index (χ0n) is 12.5. The summed E-state index contributed by atoms with van der Waals surface area (Å²) in [5, 5.41) is 3.23. The summed E-state index contributed by atoms with van der Waals surface area (Å²) in [7, 11) is 3.66. The first-order valence-electron chi connectivity index (χ1n) is 7.38. The Morgan fingerprint density at radius 1 is 1.43 bits per heavy atom. The highest BCUT2D eigenvalue weighted by molar-refractivity contribution is 5.82. The van der Waals surface area contributed by atoms with Crippen LogP contribution in [0.15, 0.2) is 4.79 Å². The monoisotopic (exact) mass is 291 g/mol. The predicted octanol–water partition coefficient (Wildman–Crippen LogP) is -0.527. The highest BCUT2D eigenvalue weighted by atomic mass is 16.2. The number of hydrogen-bond donors (Lipinski definition) is 2. The van der Waals surface area contributed by atoms with Crippen molar-refractivity contribution >= 4 is 11.9 Å². The normalized spacial score (nSPS) is 21.2. The van der Waals surface area contributed by atoms with E-state index < -0.39 is 0 Å². The molecule has 0 spiro atoms. The van der Waals surface area contributed by atoms with Crippen molar-refractivity contribution in [3.8, 4) is 0 Å². The van der Waals surface area contributed by atoms with Crippen LogP contribution < -0.4 is 15.8 Å². The van der Waals surface area contributed by atoms with Crippen LogP contribution in [0.4, 0.5) is 5.95 Å². The van der Waals surface area contributed by atoms with Gasteiger partial charge in [-0.25, -0.2) is 4.98 Å². The maximum absolute atomic E-state index is 12.5. The van der Waals surface area contributed by atoms with E-state index >= 15 is 0 Å². The maximum Gasteiger partial charge on any atom is 0.255 e. The van der Waals surface area contributed by atoms with Gasteiger partial charge in [0.2, 0.25) is 11.9 Å². The number of H-pyrrole nitrogens is 1. The number of nitrogens with zero attached hydrogens (tertiary/aromatic N) is 3. The minimum Gasteiger partial charge on any atom is -0.348 e. The third-order valence-electron chi connectivity index (χ3n) is 4.15. The molecule has 2 aliphatic rings. The molecule has 7 nitrogen and oxygen atoms in total. The molecule has 3 rings (SSSR count). The lowest BCUT2D eigenvalue weighted by Gasteiger charge is -2.30. The number of amides is 1. The lowest BCUT2D eigenvalue weighted by molar-refractivity contribution is -0.134.